The molecule has 1 N–H and O–H groups in total. The highest BCUT2D eigenvalue weighted by Crippen LogP contribution is 2.18. The molecule has 1 aliphatic heterocycles. The number of ether oxygens (including phenoxy) is 2. The lowest BCUT2D eigenvalue weighted by Gasteiger charge is -2.30. The molecule has 0 unspecified atom stereocenters. The third kappa shape index (κ3) is 6.32. The summed E-state index contributed by atoms with van der Waals surface area (Å²) in [5.41, 5.74) is 0. The maximum absolute atomic E-state index is 12.0. The summed E-state index contributed by atoms with van der Waals surface area (Å²) in [6, 6.07) is -0.111. The van der Waals surface area contributed by atoms with Crippen LogP contribution in [0.5, 0.6) is 0 Å². The first-order valence-electron chi connectivity index (χ1n) is 7.84. The Labute approximate surface area is 131 Å². The molecular formula is C15H26N2O5. The van der Waals surface area contributed by atoms with E-state index < -0.39 is 0 Å². The topological polar surface area (TPSA) is 84.9 Å². The number of amides is 2. The SMILES string of the molecule is CCOC(=O)C1CCN(C(=O)NCCCCC(=O)OC)CC1. The highest BCUT2D eigenvalue weighted by molar-refractivity contribution is 5.76. The van der Waals surface area contributed by atoms with Crippen molar-refractivity contribution in [3.05, 3.63) is 0 Å². The second kappa shape index (κ2) is 10.0. The number of nitrogens with one attached hydrogen (secondary N) is 1. The minimum Gasteiger partial charge on any atom is -0.469 e. The summed E-state index contributed by atoms with van der Waals surface area (Å²) in [4.78, 5) is 36.2. The zero-order chi connectivity index (χ0) is 16.4. The Hall–Kier alpha value is -1.79. The van der Waals surface area contributed by atoms with E-state index in [1.807, 2.05) is 0 Å². The molecule has 1 rings (SSSR count). The van der Waals surface area contributed by atoms with E-state index in [-0.39, 0.29) is 23.9 Å². The van der Waals surface area contributed by atoms with Gasteiger partial charge in [0.25, 0.3) is 0 Å². The number of urea groups is 1. The number of likely N-dealkylation sites (tertiary alicyclic amines) is 1. The number of hydrogen-bond acceptors (Lipinski definition) is 5. The predicted molar refractivity (Wildman–Crippen MR) is 80.2 cm³/mol. The maximum atomic E-state index is 12.0. The number of esters is 2. The van der Waals surface area contributed by atoms with Crippen LogP contribution in [0.2, 0.25) is 0 Å². The molecule has 1 aliphatic rings. The molecule has 0 atom stereocenters. The van der Waals surface area contributed by atoms with Gasteiger partial charge in [0.2, 0.25) is 0 Å². The third-order valence-corrected chi connectivity index (χ3v) is 3.71. The van der Waals surface area contributed by atoms with Crippen LogP contribution >= 0.6 is 0 Å². The standard InChI is InChI=1S/C15H26N2O5/c1-3-22-14(19)12-7-10-17(11-8-12)15(20)16-9-5-4-6-13(18)21-2/h12H,3-11H2,1-2H3,(H,16,20). The van der Waals surface area contributed by atoms with Crippen molar-refractivity contribution < 1.29 is 23.9 Å². The monoisotopic (exact) mass is 314 g/mol. The van der Waals surface area contributed by atoms with E-state index in [0.717, 1.165) is 6.42 Å². The van der Waals surface area contributed by atoms with E-state index in [0.29, 0.717) is 51.9 Å². The molecule has 0 aliphatic carbocycles. The van der Waals surface area contributed by atoms with Crippen molar-refractivity contribution >= 4 is 18.0 Å². The first-order chi connectivity index (χ1) is 10.6. The van der Waals surface area contributed by atoms with Gasteiger partial charge in [0.05, 0.1) is 19.6 Å². The summed E-state index contributed by atoms with van der Waals surface area (Å²) in [6.07, 6.45) is 3.10. The van der Waals surface area contributed by atoms with Crippen LogP contribution in [-0.2, 0) is 19.1 Å². The molecule has 2 amide bonds. The molecule has 0 aromatic rings. The Balaban J connectivity index is 2.15. The summed E-state index contributed by atoms with van der Waals surface area (Å²) < 4.78 is 9.55. The molecule has 0 aromatic carbocycles. The molecule has 126 valence electrons. The second-order valence-corrected chi connectivity index (χ2v) is 5.28. The highest BCUT2D eigenvalue weighted by Gasteiger charge is 2.27. The molecule has 7 heteroatoms. The summed E-state index contributed by atoms with van der Waals surface area (Å²) in [5.74, 6) is -0.484. The van der Waals surface area contributed by atoms with Gasteiger partial charge in [-0.25, -0.2) is 4.79 Å². The largest absolute Gasteiger partial charge is 0.469 e. The lowest BCUT2D eigenvalue weighted by Crippen LogP contribution is -2.45. The summed E-state index contributed by atoms with van der Waals surface area (Å²) in [6.45, 7) is 3.86. The minimum atomic E-state index is -0.229. The van der Waals surface area contributed by atoms with E-state index in [1.54, 1.807) is 11.8 Å². The Kier molecular flexibility index (Phi) is 8.32. The zero-order valence-corrected chi connectivity index (χ0v) is 13.4. The molecule has 0 spiro atoms. The number of piperidine rings is 1. The quantitative estimate of drug-likeness (QED) is 0.566. The van der Waals surface area contributed by atoms with Crippen molar-refractivity contribution in [2.24, 2.45) is 5.92 Å². The molecule has 0 aromatic heterocycles. The van der Waals surface area contributed by atoms with Gasteiger partial charge < -0.3 is 19.7 Å². The molecule has 22 heavy (non-hydrogen) atoms. The molecule has 7 nitrogen and oxygen atoms in total. The van der Waals surface area contributed by atoms with Gasteiger partial charge in [-0.15, -0.1) is 0 Å². The van der Waals surface area contributed by atoms with Crippen LogP contribution in [0, 0.1) is 5.92 Å². The van der Waals surface area contributed by atoms with Crippen LogP contribution in [-0.4, -0.2) is 56.2 Å². The molecule has 1 fully saturated rings. The number of carbonyl (C=O) groups is 3. The molecule has 0 radical (unpaired) electrons. The zero-order valence-electron chi connectivity index (χ0n) is 13.4. The average Bonchev–Trinajstić information content (AvgIpc) is 2.54. The van der Waals surface area contributed by atoms with Gasteiger partial charge in [0.1, 0.15) is 0 Å². The van der Waals surface area contributed by atoms with Gasteiger partial charge in [-0.2, -0.15) is 0 Å². The number of nitrogens with zero attached hydrogens (tertiary/aromatic N) is 1. The van der Waals surface area contributed by atoms with Crippen molar-refractivity contribution in [2.45, 2.75) is 39.0 Å². The molecule has 1 heterocycles. The van der Waals surface area contributed by atoms with Crippen molar-refractivity contribution in [3.8, 4) is 0 Å². The second-order valence-electron chi connectivity index (χ2n) is 5.28. The van der Waals surface area contributed by atoms with Crippen LogP contribution in [0.3, 0.4) is 0 Å². The Morgan fingerprint density at radius 2 is 1.86 bits per heavy atom. The average molecular weight is 314 g/mol. The fraction of sp³-hybridized carbons (Fsp3) is 0.800. The third-order valence-electron chi connectivity index (χ3n) is 3.71. The van der Waals surface area contributed by atoms with Crippen LogP contribution in [0.15, 0.2) is 0 Å². The fourth-order valence-electron chi connectivity index (χ4n) is 2.38. The molecule has 0 bridgehead atoms. The Bertz CT molecular complexity index is 378. The first kappa shape index (κ1) is 18.3. The van der Waals surface area contributed by atoms with Crippen LogP contribution in [0.1, 0.15) is 39.0 Å². The van der Waals surface area contributed by atoms with E-state index in [9.17, 15) is 14.4 Å². The van der Waals surface area contributed by atoms with Gasteiger partial charge in [-0.3, -0.25) is 9.59 Å². The number of methoxy groups -OCH3 is 1. The lowest BCUT2D eigenvalue weighted by atomic mass is 9.97. The van der Waals surface area contributed by atoms with Crippen LogP contribution in [0.25, 0.3) is 0 Å². The molecule has 1 saturated heterocycles. The van der Waals surface area contributed by atoms with E-state index in [4.69, 9.17) is 4.74 Å². The fourth-order valence-corrected chi connectivity index (χ4v) is 2.38. The molecular weight excluding hydrogens is 288 g/mol. The minimum absolute atomic E-state index is 0.0935. The van der Waals surface area contributed by atoms with Crippen molar-refractivity contribution in [2.75, 3.05) is 33.4 Å². The van der Waals surface area contributed by atoms with E-state index >= 15 is 0 Å². The number of unbranched alkanes of at least 4 members (excludes halogenated alkanes) is 1. The van der Waals surface area contributed by atoms with Gasteiger partial charge in [0, 0.05) is 26.1 Å². The molecule has 0 saturated carbocycles. The van der Waals surface area contributed by atoms with E-state index in [1.165, 1.54) is 7.11 Å². The van der Waals surface area contributed by atoms with Gasteiger partial charge in [-0.05, 0) is 32.6 Å². The van der Waals surface area contributed by atoms with Gasteiger partial charge in [0.15, 0.2) is 0 Å². The first-order valence-corrected chi connectivity index (χ1v) is 7.84. The summed E-state index contributed by atoms with van der Waals surface area (Å²) in [7, 11) is 1.37. The number of hydrogen-bond donors (Lipinski definition) is 1. The van der Waals surface area contributed by atoms with Gasteiger partial charge in [-0.1, -0.05) is 0 Å². The van der Waals surface area contributed by atoms with Crippen molar-refractivity contribution in [3.63, 3.8) is 0 Å². The Morgan fingerprint density at radius 1 is 1.18 bits per heavy atom. The Morgan fingerprint density at radius 3 is 2.45 bits per heavy atom. The highest BCUT2D eigenvalue weighted by atomic mass is 16.5. The normalized spacial score (nSPS) is 15.3. The number of carbonyl (C=O) groups excluding carboxylic acids is 3. The summed E-state index contributed by atoms with van der Waals surface area (Å²) in [5, 5.41) is 2.83. The smallest absolute Gasteiger partial charge is 0.317 e. The summed E-state index contributed by atoms with van der Waals surface area (Å²) >= 11 is 0. The maximum Gasteiger partial charge on any atom is 0.317 e. The van der Waals surface area contributed by atoms with E-state index in [2.05, 4.69) is 10.1 Å². The van der Waals surface area contributed by atoms with Crippen LogP contribution < -0.4 is 5.32 Å². The van der Waals surface area contributed by atoms with Crippen molar-refractivity contribution in [1.82, 2.24) is 10.2 Å². The number of rotatable bonds is 7. The predicted octanol–water partition coefficient (Wildman–Crippen LogP) is 1.31. The van der Waals surface area contributed by atoms with Gasteiger partial charge >= 0.3 is 18.0 Å². The van der Waals surface area contributed by atoms with Crippen molar-refractivity contribution in [1.29, 1.82) is 0 Å². The van der Waals surface area contributed by atoms with Crippen LogP contribution in [0.4, 0.5) is 4.79 Å². The lowest BCUT2D eigenvalue weighted by molar-refractivity contribution is -0.149.